The molecule has 1 aliphatic heterocycles. The average Bonchev–Trinajstić information content (AvgIpc) is 2.72. The van der Waals surface area contributed by atoms with Gasteiger partial charge < -0.3 is 14.6 Å². The highest BCUT2D eigenvalue weighted by atomic mass is 32.2. The fourth-order valence-electron chi connectivity index (χ4n) is 3.49. The van der Waals surface area contributed by atoms with Gasteiger partial charge in [-0.1, -0.05) is 12.1 Å². The Labute approximate surface area is 172 Å². The Hall–Kier alpha value is -2.13. The number of nitrogens with zero attached hydrogens (tertiary/aromatic N) is 1. The van der Waals surface area contributed by atoms with Crippen molar-refractivity contribution in [3.8, 4) is 11.5 Å². The summed E-state index contributed by atoms with van der Waals surface area (Å²) in [5, 5.41) is 8.89. The van der Waals surface area contributed by atoms with Gasteiger partial charge in [-0.15, -0.1) is 0 Å². The summed E-state index contributed by atoms with van der Waals surface area (Å²) in [5.74, 6) is 1.35. The fourth-order valence-corrected chi connectivity index (χ4v) is 4.75. The van der Waals surface area contributed by atoms with Crippen molar-refractivity contribution >= 4 is 10.0 Å². The molecule has 3 rings (SSSR count). The maximum Gasteiger partial charge on any atom is 0.240 e. The van der Waals surface area contributed by atoms with E-state index in [0.29, 0.717) is 12.3 Å². The first-order valence-electron chi connectivity index (χ1n) is 9.71. The quantitative estimate of drug-likeness (QED) is 0.645. The van der Waals surface area contributed by atoms with E-state index in [1.807, 2.05) is 24.3 Å². The van der Waals surface area contributed by atoms with E-state index in [1.165, 1.54) is 0 Å². The molecule has 0 aliphatic carbocycles. The van der Waals surface area contributed by atoms with Crippen LogP contribution < -0.4 is 14.2 Å². The van der Waals surface area contributed by atoms with Crippen LogP contribution in [-0.2, 0) is 16.6 Å². The van der Waals surface area contributed by atoms with Crippen LogP contribution in [-0.4, -0.2) is 57.9 Å². The molecule has 0 unspecified atom stereocenters. The SMILES string of the molecule is COc1ccc(S(=O)(=O)N[C@@H]2CCCN(Cc3cccc(OCCO)c3)C2)cc1. The summed E-state index contributed by atoms with van der Waals surface area (Å²) >= 11 is 0. The predicted octanol–water partition coefficient (Wildman–Crippen LogP) is 2.01. The van der Waals surface area contributed by atoms with Crippen LogP contribution in [0.15, 0.2) is 53.4 Å². The van der Waals surface area contributed by atoms with Crippen molar-refractivity contribution in [1.29, 1.82) is 0 Å². The van der Waals surface area contributed by atoms with Crippen molar-refractivity contribution in [1.82, 2.24) is 9.62 Å². The average molecular weight is 421 g/mol. The minimum atomic E-state index is -3.57. The van der Waals surface area contributed by atoms with E-state index < -0.39 is 10.0 Å². The Morgan fingerprint density at radius 3 is 2.69 bits per heavy atom. The summed E-state index contributed by atoms with van der Waals surface area (Å²) in [6.45, 7) is 2.53. The van der Waals surface area contributed by atoms with Crippen LogP contribution in [0.5, 0.6) is 11.5 Å². The molecular formula is C21H28N2O5S. The van der Waals surface area contributed by atoms with Crippen molar-refractivity contribution in [2.24, 2.45) is 0 Å². The molecule has 0 spiro atoms. The Balaban J connectivity index is 1.60. The van der Waals surface area contributed by atoms with Gasteiger partial charge in [0, 0.05) is 19.1 Å². The second-order valence-electron chi connectivity index (χ2n) is 7.09. The number of sulfonamides is 1. The Bertz CT molecular complexity index is 886. The van der Waals surface area contributed by atoms with E-state index in [2.05, 4.69) is 9.62 Å². The normalized spacial score (nSPS) is 17.8. The van der Waals surface area contributed by atoms with E-state index in [0.717, 1.165) is 37.2 Å². The molecule has 1 heterocycles. The van der Waals surface area contributed by atoms with Crippen LogP contribution in [0.3, 0.4) is 0 Å². The highest BCUT2D eigenvalue weighted by Gasteiger charge is 2.25. The fraction of sp³-hybridized carbons (Fsp3) is 0.429. The lowest BCUT2D eigenvalue weighted by atomic mass is 10.1. The molecule has 1 atom stereocenters. The van der Waals surface area contributed by atoms with E-state index in [9.17, 15) is 8.42 Å². The van der Waals surface area contributed by atoms with Gasteiger partial charge in [-0.05, 0) is 61.3 Å². The van der Waals surface area contributed by atoms with E-state index in [4.69, 9.17) is 14.6 Å². The molecule has 7 nitrogen and oxygen atoms in total. The first kappa shape index (κ1) is 21.6. The third kappa shape index (κ3) is 6.17. The van der Waals surface area contributed by atoms with Crippen molar-refractivity contribution in [3.63, 3.8) is 0 Å². The number of methoxy groups -OCH3 is 1. The molecule has 0 amide bonds. The molecule has 158 valence electrons. The van der Waals surface area contributed by atoms with Gasteiger partial charge in [0.15, 0.2) is 0 Å². The first-order chi connectivity index (χ1) is 14.0. The zero-order valence-corrected chi connectivity index (χ0v) is 17.4. The number of likely N-dealkylation sites (tertiary alicyclic amines) is 1. The first-order valence-corrected chi connectivity index (χ1v) is 11.2. The third-order valence-corrected chi connectivity index (χ3v) is 6.40. The molecule has 0 bridgehead atoms. The van der Waals surface area contributed by atoms with Gasteiger partial charge >= 0.3 is 0 Å². The molecule has 1 saturated heterocycles. The summed E-state index contributed by atoms with van der Waals surface area (Å²) in [7, 11) is -2.03. The molecule has 29 heavy (non-hydrogen) atoms. The number of hydrogen-bond acceptors (Lipinski definition) is 6. The minimum Gasteiger partial charge on any atom is -0.497 e. The number of piperidine rings is 1. The smallest absolute Gasteiger partial charge is 0.240 e. The van der Waals surface area contributed by atoms with E-state index >= 15 is 0 Å². The van der Waals surface area contributed by atoms with Crippen LogP contribution in [0.2, 0.25) is 0 Å². The molecular weight excluding hydrogens is 392 g/mol. The van der Waals surface area contributed by atoms with Crippen LogP contribution in [0, 0.1) is 0 Å². The Morgan fingerprint density at radius 2 is 1.97 bits per heavy atom. The zero-order valence-electron chi connectivity index (χ0n) is 16.6. The van der Waals surface area contributed by atoms with Gasteiger partial charge in [0.1, 0.15) is 18.1 Å². The van der Waals surface area contributed by atoms with Gasteiger partial charge in [-0.3, -0.25) is 4.90 Å². The second kappa shape index (κ2) is 10.1. The number of aliphatic hydroxyl groups excluding tert-OH is 1. The molecule has 0 aromatic heterocycles. The predicted molar refractivity (Wildman–Crippen MR) is 111 cm³/mol. The summed E-state index contributed by atoms with van der Waals surface area (Å²) in [6, 6.07) is 14.0. The third-order valence-electron chi connectivity index (χ3n) is 4.86. The summed E-state index contributed by atoms with van der Waals surface area (Å²) in [4.78, 5) is 2.49. The summed E-state index contributed by atoms with van der Waals surface area (Å²) in [6.07, 6.45) is 1.74. The van der Waals surface area contributed by atoms with Gasteiger partial charge in [0.25, 0.3) is 0 Å². The number of hydrogen-bond donors (Lipinski definition) is 2. The molecule has 2 aromatic carbocycles. The maximum atomic E-state index is 12.7. The molecule has 1 aliphatic rings. The number of aliphatic hydroxyl groups is 1. The lowest BCUT2D eigenvalue weighted by Crippen LogP contribution is -2.47. The zero-order chi connectivity index (χ0) is 20.7. The lowest BCUT2D eigenvalue weighted by Gasteiger charge is -2.33. The maximum absolute atomic E-state index is 12.7. The second-order valence-corrected chi connectivity index (χ2v) is 8.80. The lowest BCUT2D eigenvalue weighted by molar-refractivity contribution is 0.192. The van der Waals surface area contributed by atoms with Gasteiger partial charge in [-0.25, -0.2) is 13.1 Å². The molecule has 8 heteroatoms. The summed E-state index contributed by atoms with van der Waals surface area (Å²) < 4.78 is 38.8. The highest BCUT2D eigenvalue weighted by molar-refractivity contribution is 7.89. The molecule has 0 radical (unpaired) electrons. The highest BCUT2D eigenvalue weighted by Crippen LogP contribution is 2.20. The Kier molecular flexibility index (Phi) is 7.49. The summed E-state index contributed by atoms with van der Waals surface area (Å²) in [5.41, 5.74) is 1.10. The van der Waals surface area contributed by atoms with Crippen LogP contribution in [0.1, 0.15) is 18.4 Å². The largest absolute Gasteiger partial charge is 0.497 e. The molecule has 2 N–H and O–H groups in total. The van der Waals surface area contributed by atoms with Gasteiger partial charge in [0.05, 0.1) is 18.6 Å². The van der Waals surface area contributed by atoms with E-state index in [-0.39, 0.29) is 24.2 Å². The van der Waals surface area contributed by atoms with Gasteiger partial charge in [-0.2, -0.15) is 0 Å². The van der Waals surface area contributed by atoms with Crippen LogP contribution in [0.4, 0.5) is 0 Å². The number of benzene rings is 2. The minimum absolute atomic E-state index is 0.0215. The van der Waals surface area contributed by atoms with Crippen molar-refractivity contribution in [3.05, 3.63) is 54.1 Å². The van der Waals surface area contributed by atoms with Crippen molar-refractivity contribution in [2.75, 3.05) is 33.4 Å². The van der Waals surface area contributed by atoms with Gasteiger partial charge in [0.2, 0.25) is 10.0 Å². The van der Waals surface area contributed by atoms with Crippen molar-refractivity contribution < 1.29 is 23.0 Å². The topological polar surface area (TPSA) is 88.1 Å². The van der Waals surface area contributed by atoms with Crippen molar-refractivity contribution in [2.45, 2.75) is 30.3 Å². The van der Waals surface area contributed by atoms with E-state index in [1.54, 1.807) is 31.4 Å². The van der Waals surface area contributed by atoms with Crippen LogP contribution >= 0.6 is 0 Å². The van der Waals surface area contributed by atoms with Crippen LogP contribution in [0.25, 0.3) is 0 Å². The molecule has 2 aromatic rings. The number of nitrogens with one attached hydrogen (secondary N) is 1. The number of ether oxygens (including phenoxy) is 2. The molecule has 1 fully saturated rings. The Morgan fingerprint density at radius 1 is 1.17 bits per heavy atom. The monoisotopic (exact) mass is 420 g/mol. The molecule has 0 saturated carbocycles. The number of rotatable bonds is 9. The standard InChI is InChI=1S/C21H28N2O5S/c1-27-19-7-9-21(10-8-19)29(25,26)22-18-5-3-11-23(16-18)15-17-4-2-6-20(14-17)28-13-12-24/h2,4,6-10,14,18,22,24H,3,5,11-13,15-16H2,1H3/t18-/m1/s1.